The minimum Gasteiger partial charge on any atom is -0.508 e. The van der Waals surface area contributed by atoms with E-state index in [0.717, 1.165) is 11.1 Å². The first-order valence-corrected chi connectivity index (χ1v) is 7.44. The van der Waals surface area contributed by atoms with Gasteiger partial charge in [-0.3, -0.25) is 14.6 Å². The van der Waals surface area contributed by atoms with Gasteiger partial charge >= 0.3 is 0 Å². The van der Waals surface area contributed by atoms with Gasteiger partial charge in [-0.25, -0.2) is 0 Å². The number of hydrogen-bond donors (Lipinski definition) is 1. The van der Waals surface area contributed by atoms with E-state index < -0.39 is 0 Å². The van der Waals surface area contributed by atoms with Gasteiger partial charge in [0.15, 0.2) is 0 Å². The number of phenols is 1. The van der Waals surface area contributed by atoms with Crippen LogP contribution in [0.5, 0.6) is 5.75 Å². The molecule has 23 heavy (non-hydrogen) atoms. The molecule has 114 valence electrons. The lowest BCUT2D eigenvalue weighted by molar-refractivity contribution is 0.0970. The lowest BCUT2D eigenvalue weighted by Crippen LogP contribution is -2.25. The number of benzene rings is 1. The van der Waals surface area contributed by atoms with Gasteiger partial charge in [-0.15, -0.1) is 0 Å². The SMILES string of the molecule is CCn1c2c(c3cc(O)ccc31)C(=O)c1nccc(C)c1C2=O. The highest BCUT2D eigenvalue weighted by atomic mass is 16.3. The molecule has 0 aliphatic heterocycles. The first-order chi connectivity index (χ1) is 11.0. The fraction of sp³-hybridized carbons (Fsp3) is 0.167. The number of aromatic hydroxyl groups is 1. The Labute approximate surface area is 132 Å². The molecule has 0 saturated carbocycles. The maximum atomic E-state index is 13.0. The van der Waals surface area contributed by atoms with E-state index in [-0.39, 0.29) is 23.0 Å². The fourth-order valence-corrected chi connectivity index (χ4v) is 3.39. The molecule has 0 amide bonds. The van der Waals surface area contributed by atoms with Crippen LogP contribution in [0.1, 0.15) is 44.6 Å². The molecule has 0 bridgehead atoms. The summed E-state index contributed by atoms with van der Waals surface area (Å²) < 4.78 is 1.83. The number of ketones is 2. The molecular weight excluding hydrogens is 292 g/mol. The Morgan fingerprint density at radius 3 is 2.65 bits per heavy atom. The van der Waals surface area contributed by atoms with Crippen molar-refractivity contribution in [2.45, 2.75) is 20.4 Å². The van der Waals surface area contributed by atoms with Crippen LogP contribution >= 0.6 is 0 Å². The van der Waals surface area contributed by atoms with Crippen LogP contribution in [0.2, 0.25) is 0 Å². The Morgan fingerprint density at radius 2 is 1.91 bits per heavy atom. The average Bonchev–Trinajstić information content (AvgIpc) is 2.86. The Hall–Kier alpha value is -2.95. The number of nitrogens with zero attached hydrogens (tertiary/aromatic N) is 2. The normalized spacial score (nSPS) is 13.3. The maximum Gasteiger partial charge on any atom is 0.215 e. The Bertz CT molecular complexity index is 1010. The largest absolute Gasteiger partial charge is 0.508 e. The average molecular weight is 306 g/mol. The molecule has 5 heteroatoms. The lowest BCUT2D eigenvalue weighted by atomic mass is 9.88. The van der Waals surface area contributed by atoms with Gasteiger partial charge in [0.05, 0.1) is 11.1 Å². The molecule has 0 saturated heterocycles. The van der Waals surface area contributed by atoms with Crippen LogP contribution in [0, 0.1) is 6.92 Å². The standard InChI is InChI=1S/C18H14N2O3/c1-3-20-12-5-4-10(21)8-11(12)14-16(20)18(23)13-9(2)6-7-19-15(13)17(14)22/h4-8,21H,3H2,1-2H3. The quantitative estimate of drug-likeness (QED) is 0.587. The monoisotopic (exact) mass is 306 g/mol. The van der Waals surface area contributed by atoms with Crippen LogP contribution in [0.15, 0.2) is 30.5 Å². The van der Waals surface area contributed by atoms with Crippen LogP contribution < -0.4 is 0 Å². The number of hydrogen-bond acceptors (Lipinski definition) is 4. The molecular formula is C18H14N2O3. The van der Waals surface area contributed by atoms with Gasteiger partial charge in [-0.05, 0) is 43.7 Å². The third-order valence-corrected chi connectivity index (χ3v) is 4.41. The molecule has 0 unspecified atom stereocenters. The second-order valence-electron chi connectivity index (χ2n) is 5.68. The van der Waals surface area contributed by atoms with Gasteiger partial charge < -0.3 is 9.67 Å². The third-order valence-electron chi connectivity index (χ3n) is 4.41. The molecule has 3 aromatic rings. The molecule has 1 N–H and O–H groups in total. The Kier molecular flexibility index (Phi) is 2.69. The van der Waals surface area contributed by atoms with E-state index in [9.17, 15) is 14.7 Å². The van der Waals surface area contributed by atoms with E-state index in [1.807, 2.05) is 11.5 Å². The number of aromatic nitrogens is 2. The molecule has 1 aliphatic carbocycles. The van der Waals surface area contributed by atoms with E-state index in [1.165, 1.54) is 6.07 Å². The summed E-state index contributed by atoms with van der Waals surface area (Å²) in [5.74, 6) is -0.379. The summed E-state index contributed by atoms with van der Waals surface area (Å²) in [5.41, 5.74) is 2.82. The van der Waals surface area contributed by atoms with E-state index in [1.54, 1.807) is 31.3 Å². The van der Waals surface area contributed by atoms with Crippen molar-refractivity contribution in [3.63, 3.8) is 0 Å². The first kappa shape index (κ1) is 13.7. The van der Waals surface area contributed by atoms with Crippen LogP contribution in [-0.4, -0.2) is 26.2 Å². The van der Waals surface area contributed by atoms with Crippen molar-refractivity contribution in [2.24, 2.45) is 0 Å². The smallest absolute Gasteiger partial charge is 0.215 e. The summed E-state index contributed by atoms with van der Waals surface area (Å²) in [6.07, 6.45) is 1.54. The van der Waals surface area contributed by atoms with Gasteiger partial charge in [0.1, 0.15) is 17.1 Å². The number of fused-ring (bicyclic) bond motifs is 4. The van der Waals surface area contributed by atoms with Gasteiger partial charge in [0.2, 0.25) is 11.6 Å². The minimum absolute atomic E-state index is 0.0665. The number of rotatable bonds is 1. The van der Waals surface area contributed by atoms with E-state index >= 15 is 0 Å². The molecule has 0 radical (unpaired) electrons. The molecule has 5 nitrogen and oxygen atoms in total. The van der Waals surface area contributed by atoms with Crippen molar-refractivity contribution < 1.29 is 14.7 Å². The minimum atomic E-state index is -0.263. The Morgan fingerprint density at radius 1 is 1.13 bits per heavy atom. The molecule has 0 fully saturated rings. The highest BCUT2D eigenvalue weighted by molar-refractivity contribution is 6.32. The van der Waals surface area contributed by atoms with E-state index in [4.69, 9.17) is 0 Å². The van der Waals surface area contributed by atoms with Crippen LogP contribution in [0.25, 0.3) is 10.9 Å². The van der Waals surface area contributed by atoms with Gasteiger partial charge in [-0.2, -0.15) is 0 Å². The summed E-state index contributed by atoms with van der Waals surface area (Å²) in [6, 6.07) is 6.57. The van der Waals surface area contributed by atoms with Crippen LogP contribution in [0.4, 0.5) is 0 Å². The molecule has 4 rings (SSSR count). The van der Waals surface area contributed by atoms with Crippen molar-refractivity contribution in [2.75, 3.05) is 0 Å². The summed E-state index contributed by atoms with van der Waals surface area (Å²) in [7, 11) is 0. The first-order valence-electron chi connectivity index (χ1n) is 7.44. The number of carbonyl (C=O) groups is 2. The molecule has 0 atom stereocenters. The van der Waals surface area contributed by atoms with Crippen molar-refractivity contribution in [1.29, 1.82) is 0 Å². The number of pyridine rings is 1. The van der Waals surface area contributed by atoms with E-state index in [2.05, 4.69) is 4.98 Å². The fourth-order valence-electron chi connectivity index (χ4n) is 3.39. The predicted molar refractivity (Wildman–Crippen MR) is 85.1 cm³/mol. The highest BCUT2D eigenvalue weighted by Gasteiger charge is 2.37. The lowest BCUT2D eigenvalue weighted by Gasteiger charge is -2.17. The zero-order chi connectivity index (χ0) is 16.3. The zero-order valence-corrected chi connectivity index (χ0v) is 12.8. The van der Waals surface area contributed by atoms with Crippen LogP contribution in [-0.2, 0) is 6.54 Å². The topological polar surface area (TPSA) is 72.2 Å². The summed E-state index contributed by atoms with van der Waals surface area (Å²) in [6.45, 7) is 4.29. The zero-order valence-electron chi connectivity index (χ0n) is 12.8. The number of aryl methyl sites for hydroxylation is 2. The van der Waals surface area contributed by atoms with Gasteiger partial charge in [-0.1, -0.05) is 0 Å². The van der Waals surface area contributed by atoms with Crippen molar-refractivity contribution in [3.8, 4) is 5.75 Å². The number of carbonyl (C=O) groups excluding carboxylic acids is 2. The second-order valence-corrected chi connectivity index (χ2v) is 5.68. The predicted octanol–water partition coefficient (Wildman–Crippen LogP) is 2.85. The maximum absolute atomic E-state index is 13.0. The van der Waals surface area contributed by atoms with Crippen molar-refractivity contribution in [3.05, 3.63) is 58.5 Å². The summed E-state index contributed by atoms with van der Waals surface area (Å²) >= 11 is 0. The Balaban J connectivity index is 2.18. The molecule has 0 spiro atoms. The third kappa shape index (κ3) is 1.64. The summed E-state index contributed by atoms with van der Waals surface area (Å²) in [5, 5.41) is 10.4. The molecule has 2 heterocycles. The molecule has 1 aliphatic rings. The second kappa shape index (κ2) is 4.52. The summed E-state index contributed by atoms with van der Waals surface area (Å²) in [4.78, 5) is 30.1. The van der Waals surface area contributed by atoms with Crippen molar-refractivity contribution in [1.82, 2.24) is 9.55 Å². The van der Waals surface area contributed by atoms with Crippen LogP contribution in [0.3, 0.4) is 0 Å². The van der Waals surface area contributed by atoms with Crippen molar-refractivity contribution >= 4 is 22.5 Å². The number of phenolic OH excluding ortho intramolecular Hbond substituents is 1. The molecule has 1 aromatic carbocycles. The highest BCUT2D eigenvalue weighted by Crippen LogP contribution is 2.36. The van der Waals surface area contributed by atoms with E-state index in [0.29, 0.717) is 28.8 Å². The van der Waals surface area contributed by atoms with Gasteiger partial charge in [0, 0.05) is 23.6 Å². The van der Waals surface area contributed by atoms with Gasteiger partial charge in [0.25, 0.3) is 0 Å². The molecule has 2 aromatic heterocycles.